The summed E-state index contributed by atoms with van der Waals surface area (Å²) >= 11 is 1.48. The van der Waals surface area contributed by atoms with E-state index in [4.69, 9.17) is 4.42 Å². The summed E-state index contributed by atoms with van der Waals surface area (Å²) in [7, 11) is 0. The van der Waals surface area contributed by atoms with Crippen molar-refractivity contribution in [3.63, 3.8) is 0 Å². The first-order chi connectivity index (χ1) is 13.5. The lowest BCUT2D eigenvalue weighted by molar-refractivity contribution is 0.103. The molecule has 1 N–H and O–H groups in total. The van der Waals surface area contributed by atoms with E-state index in [1.54, 1.807) is 0 Å². The van der Waals surface area contributed by atoms with Gasteiger partial charge >= 0.3 is 0 Å². The van der Waals surface area contributed by atoms with Gasteiger partial charge in [0.2, 0.25) is 5.89 Å². The number of aryl methyl sites for hydroxylation is 3. The number of carbonyl (C=O) groups is 1. The van der Waals surface area contributed by atoms with E-state index in [9.17, 15) is 4.79 Å². The van der Waals surface area contributed by atoms with Crippen LogP contribution in [0.4, 0.5) is 5.69 Å². The summed E-state index contributed by atoms with van der Waals surface area (Å²) in [5.74, 6) is 1.23. The molecule has 0 fully saturated rings. The number of benzene rings is 1. The molecule has 0 saturated heterocycles. The number of nitrogens with zero attached hydrogens (tertiary/aromatic N) is 3. The van der Waals surface area contributed by atoms with E-state index in [2.05, 4.69) is 15.4 Å². The van der Waals surface area contributed by atoms with Crippen LogP contribution in [-0.4, -0.2) is 20.7 Å². The van der Waals surface area contributed by atoms with Gasteiger partial charge in [-0.25, -0.2) is 4.98 Å². The minimum Gasteiger partial charge on any atom is -0.441 e. The van der Waals surface area contributed by atoms with Gasteiger partial charge in [-0.15, -0.1) is 11.3 Å². The zero-order valence-electron chi connectivity index (χ0n) is 15.9. The van der Waals surface area contributed by atoms with Crippen LogP contribution >= 0.6 is 11.3 Å². The highest BCUT2D eigenvalue weighted by Gasteiger charge is 2.13. The van der Waals surface area contributed by atoms with Crippen molar-refractivity contribution in [2.75, 3.05) is 5.32 Å². The number of hydrogen-bond donors (Lipinski definition) is 1. The van der Waals surface area contributed by atoms with Gasteiger partial charge in [-0.05, 0) is 62.7 Å². The van der Waals surface area contributed by atoms with Crippen molar-refractivity contribution in [2.24, 2.45) is 0 Å². The van der Waals surface area contributed by atoms with E-state index in [-0.39, 0.29) is 5.91 Å². The molecule has 6 nitrogen and oxygen atoms in total. The lowest BCUT2D eigenvalue weighted by Crippen LogP contribution is -2.09. The predicted octanol–water partition coefficient (Wildman–Crippen LogP) is 4.83. The molecule has 0 radical (unpaired) electrons. The lowest BCUT2D eigenvalue weighted by atomic mass is 10.2. The Morgan fingerprint density at radius 1 is 1.14 bits per heavy atom. The van der Waals surface area contributed by atoms with Gasteiger partial charge in [0.05, 0.1) is 17.6 Å². The van der Waals surface area contributed by atoms with Gasteiger partial charge in [-0.1, -0.05) is 0 Å². The molecule has 0 atom stereocenters. The quantitative estimate of drug-likeness (QED) is 0.528. The monoisotopic (exact) mass is 392 g/mol. The maximum atomic E-state index is 12.3. The number of hydrogen-bond acceptors (Lipinski definition) is 5. The average Bonchev–Trinajstić information content (AvgIpc) is 3.37. The van der Waals surface area contributed by atoms with Crippen LogP contribution < -0.4 is 5.32 Å². The second kappa shape index (κ2) is 7.44. The van der Waals surface area contributed by atoms with Gasteiger partial charge in [0.15, 0.2) is 0 Å². The maximum absolute atomic E-state index is 12.3. The van der Waals surface area contributed by atoms with Crippen molar-refractivity contribution >= 4 is 22.9 Å². The van der Waals surface area contributed by atoms with Gasteiger partial charge < -0.3 is 9.73 Å². The zero-order valence-corrected chi connectivity index (χ0v) is 16.7. The summed E-state index contributed by atoms with van der Waals surface area (Å²) in [6.45, 7) is 6.46. The number of aromatic nitrogens is 3. The molecule has 0 unspecified atom stereocenters. The zero-order chi connectivity index (χ0) is 19.7. The third kappa shape index (κ3) is 3.89. The van der Waals surface area contributed by atoms with Crippen molar-refractivity contribution < 1.29 is 9.21 Å². The van der Waals surface area contributed by atoms with Gasteiger partial charge in [-0.2, -0.15) is 5.10 Å². The average molecular weight is 392 g/mol. The van der Waals surface area contributed by atoms with E-state index < -0.39 is 0 Å². The molecule has 3 aromatic heterocycles. The smallest absolute Gasteiger partial charge is 0.265 e. The normalized spacial score (nSPS) is 11.0. The van der Waals surface area contributed by atoms with Crippen LogP contribution in [0.15, 0.2) is 53.2 Å². The van der Waals surface area contributed by atoms with Crippen LogP contribution in [0.25, 0.3) is 11.5 Å². The summed E-state index contributed by atoms with van der Waals surface area (Å²) in [6.07, 6.45) is 3.79. The fourth-order valence-electron chi connectivity index (χ4n) is 2.85. The van der Waals surface area contributed by atoms with Crippen LogP contribution in [0.1, 0.15) is 31.6 Å². The summed E-state index contributed by atoms with van der Waals surface area (Å²) in [6, 6.07) is 11.3. The van der Waals surface area contributed by atoms with Crippen LogP contribution in [-0.2, 0) is 6.54 Å². The van der Waals surface area contributed by atoms with Crippen molar-refractivity contribution in [2.45, 2.75) is 27.3 Å². The fraction of sp³-hybridized carbons (Fsp3) is 0.190. The van der Waals surface area contributed by atoms with Gasteiger partial charge in [0, 0.05) is 22.3 Å². The topological polar surface area (TPSA) is 73.0 Å². The van der Waals surface area contributed by atoms with Crippen LogP contribution in [0.2, 0.25) is 0 Å². The molecule has 4 aromatic rings. The molecule has 1 aromatic carbocycles. The first kappa shape index (κ1) is 18.2. The van der Waals surface area contributed by atoms with E-state index in [1.165, 1.54) is 11.3 Å². The number of carbonyl (C=O) groups excluding carboxylic acids is 1. The number of oxazole rings is 1. The van der Waals surface area contributed by atoms with E-state index >= 15 is 0 Å². The molecule has 3 heterocycles. The molecule has 0 bridgehead atoms. The molecule has 142 valence electrons. The lowest BCUT2D eigenvalue weighted by Gasteiger charge is -2.04. The Kier molecular flexibility index (Phi) is 4.83. The number of thiophene rings is 1. The second-order valence-corrected chi connectivity index (χ2v) is 7.97. The molecular formula is C21H20N4O2S. The molecule has 0 saturated carbocycles. The summed E-state index contributed by atoms with van der Waals surface area (Å²) < 4.78 is 7.68. The van der Waals surface area contributed by atoms with Crippen molar-refractivity contribution in [3.8, 4) is 11.5 Å². The molecule has 4 rings (SSSR count). The van der Waals surface area contributed by atoms with Crippen LogP contribution in [0.3, 0.4) is 0 Å². The summed E-state index contributed by atoms with van der Waals surface area (Å²) in [5.41, 5.74) is 3.55. The van der Waals surface area contributed by atoms with Crippen molar-refractivity contribution in [3.05, 3.63) is 75.6 Å². The van der Waals surface area contributed by atoms with E-state index in [0.717, 1.165) is 33.1 Å². The first-order valence-electron chi connectivity index (χ1n) is 8.91. The second-order valence-electron chi connectivity index (χ2n) is 6.68. The Balaban J connectivity index is 1.48. The highest BCUT2D eigenvalue weighted by molar-refractivity contribution is 7.14. The molecule has 0 spiro atoms. The fourth-order valence-corrected chi connectivity index (χ4v) is 3.61. The molecule has 0 aliphatic heterocycles. The molecule has 0 aliphatic carbocycles. The van der Waals surface area contributed by atoms with Crippen LogP contribution in [0, 0.1) is 20.8 Å². The Morgan fingerprint density at radius 2 is 1.93 bits per heavy atom. The molecular weight excluding hydrogens is 372 g/mol. The number of anilines is 1. The van der Waals surface area contributed by atoms with Crippen LogP contribution in [0.5, 0.6) is 0 Å². The standard InChI is InChI=1S/C21H20N4O2S/c1-13-10-22-25(11-13)12-18-15(3)27-21(24-18)16-5-7-17(8-6-16)23-20(26)19-9-4-14(2)28-19/h4-11H,12H2,1-3H3,(H,23,26). The SMILES string of the molecule is Cc1cnn(Cc2nc(-c3ccc(NC(=O)c4ccc(C)s4)cc3)oc2C)c1. The highest BCUT2D eigenvalue weighted by atomic mass is 32.1. The Hall–Kier alpha value is -3.19. The predicted molar refractivity (Wildman–Crippen MR) is 110 cm³/mol. The number of nitrogens with one attached hydrogen (secondary N) is 1. The van der Waals surface area contributed by atoms with Gasteiger partial charge in [0.25, 0.3) is 5.91 Å². The maximum Gasteiger partial charge on any atom is 0.265 e. The Labute approximate surface area is 166 Å². The Morgan fingerprint density at radius 3 is 2.57 bits per heavy atom. The molecule has 1 amide bonds. The molecule has 28 heavy (non-hydrogen) atoms. The number of amides is 1. The van der Waals surface area contributed by atoms with Crippen molar-refractivity contribution in [1.82, 2.24) is 14.8 Å². The third-order valence-corrected chi connectivity index (χ3v) is 5.32. The highest BCUT2D eigenvalue weighted by Crippen LogP contribution is 2.24. The number of rotatable bonds is 5. The Bertz CT molecular complexity index is 1120. The minimum atomic E-state index is -0.102. The first-order valence-corrected chi connectivity index (χ1v) is 9.73. The molecule has 7 heteroatoms. The molecule has 0 aliphatic rings. The summed E-state index contributed by atoms with van der Waals surface area (Å²) in [5, 5.41) is 7.21. The largest absolute Gasteiger partial charge is 0.441 e. The van der Waals surface area contributed by atoms with E-state index in [1.807, 2.05) is 74.2 Å². The van der Waals surface area contributed by atoms with Crippen molar-refractivity contribution in [1.29, 1.82) is 0 Å². The third-order valence-electron chi connectivity index (χ3n) is 4.32. The van der Waals surface area contributed by atoms with Gasteiger partial charge in [0.1, 0.15) is 11.5 Å². The summed E-state index contributed by atoms with van der Waals surface area (Å²) in [4.78, 5) is 18.7. The van der Waals surface area contributed by atoms with E-state index in [0.29, 0.717) is 17.3 Å². The van der Waals surface area contributed by atoms with Gasteiger partial charge in [-0.3, -0.25) is 9.48 Å². The minimum absolute atomic E-state index is 0.102.